The number of aromatic nitrogens is 2. The number of hydrogen-bond acceptors (Lipinski definition) is 5. The molecule has 8 nitrogen and oxygen atoms in total. The molecule has 4 aromatic rings. The molecule has 1 saturated heterocycles. The lowest BCUT2D eigenvalue weighted by Gasteiger charge is -2.32. The Bertz CT molecular complexity index is 1680. The van der Waals surface area contributed by atoms with Gasteiger partial charge in [0.15, 0.2) is 0 Å². The molecule has 1 aliphatic heterocycles. The van der Waals surface area contributed by atoms with Gasteiger partial charge in [-0.1, -0.05) is 6.07 Å². The lowest BCUT2D eigenvalue weighted by molar-refractivity contribution is 0.0696. The number of amides is 1. The SMILES string of the molecule is CC(C)(C)n1ncc(C(=O)Nc2ccc(C3CC3)c(CN3CCC(Oc4ccc(C(=O)O)cc4)CC3)c2)c1-c1ccc(F)cc1. The standard InChI is InChI=1S/C36H39FN4O4/c1-36(2,3)41-33(24-6-10-27(37)11-7-24)32(21-38-41)34(42)39-28-12-15-31(23-4-5-23)26(20-28)22-40-18-16-30(17-19-40)45-29-13-8-25(9-14-29)35(43)44/h6-15,20-21,23,30H,4-5,16-19,22H2,1-3H3,(H,39,42)(H,43,44). The van der Waals surface area contributed by atoms with Crippen molar-refractivity contribution in [3.63, 3.8) is 0 Å². The summed E-state index contributed by atoms with van der Waals surface area (Å²) < 4.78 is 21.7. The summed E-state index contributed by atoms with van der Waals surface area (Å²) >= 11 is 0. The average molecular weight is 611 g/mol. The lowest BCUT2D eigenvalue weighted by atomic mass is 10.00. The van der Waals surface area contributed by atoms with Gasteiger partial charge in [-0.15, -0.1) is 0 Å². The molecule has 0 atom stereocenters. The van der Waals surface area contributed by atoms with E-state index in [4.69, 9.17) is 9.84 Å². The molecule has 0 bridgehead atoms. The number of halogens is 1. The van der Waals surface area contributed by atoms with Crippen molar-refractivity contribution in [3.05, 3.63) is 101 Å². The van der Waals surface area contributed by atoms with Gasteiger partial charge in [-0.3, -0.25) is 14.4 Å². The molecule has 1 aliphatic carbocycles. The van der Waals surface area contributed by atoms with Crippen LogP contribution in [0.4, 0.5) is 10.1 Å². The van der Waals surface area contributed by atoms with E-state index in [1.165, 1.54) is 36.1 Å². The van der Waals surface area contributed by atoms with Crippen molar-refractivity contribution in [3.8, 4) is 17.0 Å². The minimum absolute atomic E-state index is 0.0785. The van der Waals surface area contributed by atoms with Gasteiger partial charge in [0, 0.05) is 30.9 Å². The quantitative estimate of drug-likeness (QED) is 0.206. The van der Waals surface area contributed by atoms with Gasteiger partial charge in [-0.05, 0) is 124 Å². The number of nitrogens with one attached hydrogen (secondary N) is 1. The van der Waals surface area contributed by atoms with Crippen LogP contribution in [0.1, 0.15) is 84.2 Å². The molecule has 1 saturated carbocycles. The summed E-state index contributed by atoms with van der Waals surface area (Å²) in [7, 11) is 0. The van der Waals surface area contributed by atoms with Gasteiger partial charge in [0.2, 0.25) is 0 Å². The Hall–Kier alpha value is -4.50. The third kappa shape index (κ3) is 7.09. The van der Waals surface area contributed by atoms with Crippen molar-refractivity contribution in [1.29, 1.82) is 0 Å². The molecule has 9 heteroatoms. The van der Waals surface area contributed by atoms with E-state index in [9.17, 15) is 14.0 Å². The number of aromatic carboxylic acids is 1. The molecule has 2 N–H and O–H groups in total. The van der Waals surface area contributed by atoms with Crippen molar-refractivity contribution >= 4 is 17.6 Å². The van der Waals surface area contributed by atoms with Crippen LogP contribution in [-0.2, 0) is 12.1 Å². The largest absolute Gasteiger partial charge is 0.490 e. The maximum atomic E-state index is 13.7. The van der Waals surface area contributed by atoms with E-state index in [0.717, 1.165) is 43.7 Å². The average Bonchev–Trinajstić information content (AvgIpc) is 3.74. The maximum Gasteiger partial charge on any atom is 0.335 e. The summed E-state index contributed by atoms with van der Waals surface area (Å²) in [6, 6.07) is 19.0. The molecule has 2 fully saturated rings. The Morgan fingerprint density at radius 3 is 2.29 bits per heavy atom. The predicted molar refractivity (Wildman–Crippen MR) is 171 cm³/mol. The molecule has 0 radical (unpaired) electrons. The number of carboxylic acids is 1. The van der Waals surface area contributed by atoms with Gasteiger partial charge >= 0.3 is 5.97 Å². The zero-order chi connectivity index (χ0) is 31.7. The second kappa shape index (κ2) is 12.5. The van der Waals surface area contributed by atoms with Crippen LogP contribution < -0.4 is 10.1 Å². The topological polar surface area (TPSA) is 96.7 Å². The number of piperidine rings is 1. The van der Waals surface area contributed by atoms with Gasteiger partial charge in [0.25, 0.3) is 5.91 Å². The maximum absolute atomic E-state index is 13.7. The van der Waals surface area contributed by atoms with Crippen molar-refractivity contribution in [2.24, 2.45) is 0 Å². The normalized spacial score (nSPS) is 16.0. The van der Waals surface area contributed by atoms with Crippen LogP contribution in [0.5, 0.6) is 5.75 Å². The Kier molecular flexibility index (Phi) is 8.46. The summed E-state index contributed by atoms with van der Waals surface area (Å²) in [5.74, 6) is -0.290. The highest BCUT2D eigenvalue weighted by Crippen LogP contribution is 2.43. The third-order valence-electron chi connectivity index (χ3n) is 8.52. The number of nitrogens with zero attached hydrogens (tertiary/aromatic N) is 3. The molecular weight excluding hydrogens is 571 g/mol. The Morgan fingerprint density at radius 2 is 1.67 bits per heavy atom. The lowest BCUT2D eigenvalue weighted by Crippen LogP contribution is -2.38. The van der Waals surface area contributed by atoms with Gasteiger partial charge in [0.1, 0.15) is 17.7 Å². The molecule has 234 valence electrons. The molecular formula is C36H39FN4O4. The summed E-state index contributed by atoms with van der Waals surface area (Å²) in [6.45, 7) is 8.61. The number of carboxylic acid groups (broad SMARTS) is 1. The summed E-state index contributed by atoms with van der Waals surface area (Å²) in [4.78, 5) is 27.3. The van der Waals surface area contributed by atoms with Crippen LogP contribution in [0, 0.1) is 5.82 Å². The number of ether oxygens (including phenoxy) is 1. The minimum atomic E-state index is -0.949. The number of rotatable bonds is 9. The first-order valence-corrected chi connectivity index (χ1v) is 15.6. The van der Waals surface area contributed by atoms with Crippen molar-refractivity contribution in [2.45, 2.75) is 70.6 Å². The summed E-state index contributed by atoms with van der Waals surface area (Å²) in [5, 5.41) is 16.8. The zero-order valence-electron chi connectivity index (χ0n) is 25.9. The highest BCUT2D eigenvalue weighted by Gasteiger charge is 2.29. The van der Waals surface area contributed by atoms with Crippen LogP contribution in [0.2, 0.25) is 0 Å². The van der Waals surface area contributed by atoms with Crippen LogP contribution in [0.25, 0.3) is 11.3 Å². The van der Waals surface area contributed by atoms with E-state index < -0.39 is 5.97 Å². The van der Waals surface area contributed by atoms with Crippen LogP contribution >= 0.6 is 0 Å². The first-order chi connectivity index (χ1) is 21.5. The number of likely N-dealkylation sites (tertiary alicyclic amines) is 1. The van der Waals surface area contributed by atoms with Gasteiger partial charge in [-0.2, -0.15) is 5.10 Å². The summed E-state index contributed by atoms with van der Waals surface area (Å²) in [5.41, 5.74) is 4.97. The van der Waals surface area contributed by atoms with Gasteiger partial charge in [-0.25, -0.2) is 9.18 Å². The van der Waals surface area contributed by atoms with Crippen LogP contribution in [-0.4, -0.2) is 50.9 Å². The Morgan fingerprint density at radius 1 is 0.978 bits per heavy atom. The molecule has 2 aliphatic rings. The predicted octanol–water partition coefficient (Wildman–Crippen LogP) is 7.32. The van der Waals surface area contributed by atoms with E-state index in [0.29, 0.717) is 22.9 Å². The molecule has 45 heavy (non-hydrogen) atoms. The highest BCUT2D eigenvalue weighted by molar-refractivity contribution is 6.08. The zero-order valence-corrected chi connectivity index (χ0v) is 25.9. The van der Waals surface area contributed by atoms with Crippen molar-refractivity contribution in [2.75, 3.05) is 18.4 Å². The molecule has 2 heterocycles. The van der Waals surface area contributed by atoms with Crippen molar-refractivity contribution in [1.82, 2.24) is 14.7 Å². The fourth-order valence-corrected chi connectivity index (χ4v) is 6.01. The third-order valence-corrected chi connectivity index (χ3v) is 8.52. The van der Waals surface area contributed by atoms with E-state index in [2.05, 4.69) is 27.4 Å². The molecule has 0 unspecified atom stereocenters. The number of benzene rings is 3. The molecule has 3 aromatic carbocycles. The number of hydrogen-bond donors (Lipinski definition) is 2. The molecule has 1 amide bonds. The molecule has 6 rings (SSSR count). The first-order valence-electron chi connectivity index (χ1n) is 15.6. The van der Waals surface area contributed by atoms with Crippen LogP contribution in [0.15, 0.2) is 72.9 Å². The summed E-state index contributed by atoms with van der Waals surface area (Å²) in [6.07, 6.45) is 5.78. The number of carbonyl (C=O) groups excluding carboxylic acids is 1. The molecule has 1 aromatic heterocycles. The number of anilines is 1. The Labute approximate surface area is 262 Å². The van der Waals surface area contributed by atoms with E-state index in [1.807, 2.05) is 31.5 Å². The Balaban J connectivity index is 1.15. The smallest absolute Gasteiger partial charge is 0.335 e. The van der Waals surface area contributed by atoms with E-state index in [1.54, 1.807) is 42.6 Å². The number of carbonyl (C=O) groups is 2. The molecule has 0 spiro atoms. The van der Waals surface area contributed by atoms with Crippen molar-refractivity contribution < 1.29 is 23.8 Å². The fraction of sp³-hybridized carbons (Fsp3) is 0.361. The minimum Gasteiger partial charge on any atom is -0.490 e. The second-order valence-electron chi connectivity index (χ2n) is 13.1. The second-order valence-corrected chi connectivity index (χ2v) is 13.1. The van der Waals surface area contributed by atoms with Gasteiger partial charge in [0.05, 0.1) is 28.6 Å². The van der Waals surface area contributed by atoms with Gasteiger partial charge < -0.3 is 15.2 Å². The first kappa shape index (κ1) is 30.5. The van der Waals surface area contributed by atoms with Crippen LogP contribution in [0.3, 0.4) is 0 Å². The highest BCUT2D eigenvalue weighted by atomic mass is 19.1. The van der Waals surface area contributed by atoms with E-state index in [-0.39, 0.29) is 28.9 Å². The fourth-order valence-electron chi connectivity index (χ4n) is 6.01. The monoisotopic (exact) mass is 610 g/mol. The van der Waals surface area contributed by atoms with E-state index >= 15 is 0 Å².